The zero-order chi connectivity index (χ0) is 21.8. The summed E-state index contributed by atoms with van der Waals surface area (Å²) < 4.78 is 44.4. The molecule has 29 heavy (non-hydrogen) atoms. The number of alkyl halides is 3. The molecule has 0 saturated carbocycles. The van der Waals surface area contributed by atoms with E-state index in [4.69, 9.17) is 0 Å². The van der Waals surface area contributed by atoms with E-state index < -0.39 is 24.1 Å². The molecule has 1 aromatic carbocycles. The molecule has 0 spiro atoms. The molecule has 0 aliphatic heterocycles. The number of carbonyl (C=O) groups excluding carboxylic acids is 2. The molecule has 0 bridgehead atoms. The summed E-state index contributed by atoms with van der Waals surface area (Å²) in [7, 11) is 1.05. The molecule has 1 amide bonds. The van der Waals surface area contributed by atoms with Crippen molar-refractivity contribution >= 4 is 11.9 Å². The van der Waals surface area contributed by atoms with Crippen molar-refractivity contribution < 1.29 is 27.5 Å². The Morgan fingerprint density at radius 3 is 2.31 bits per heavy atom. The highest BCUT2D eigenvalue weighted by atomic mass is 19.4. The highest BCUT2D eigenvalue weighted by Gasteiger charge is 2.41. The molecule has 1 aromatic heterocycles. The van der Waals surface area contributed by atoms with Gasteiger partial charge >= 0.3 is 18.1 Å². The van der Waals surface area contributed by atoms with Crippen molar-refractivity contribution in [2.24, 2.45) is 0 Å². The molecular weight excluding hydrogens is 387 g/mol. The number of amides is 1. The fraction of sp³-hybridized carbons (Fsp3) is 0.450. The van der Waals surface area contributed by atoms with Crippen LogP contribution in [0.4, 0.5) is 13.2 Å². The van der Waals surface area contributed by atoms with E-state index in [1.54, 1.807) is 5.32 Å². The average Bonchev–Trinajstić information content (AvgIpc) is 3.03. The SMILES string of the molecule is COC(=O)[C@H](Cc1cnc(C(C)(C)C)n1Cc1ccccc1)NC(=O)C(F)(F)F. The molecule has 0 aliphatic carbocycles. The molecule has 0 fully saturated rings. The number of aromatic nitrogens is 2. The lowest BCUT2D eigenvalue weighted by atomic mass is 9.95. The summed E-state index contributed by atoms with van der Waals surface area (Å²) in [6.45, 7) is 6.31. The van der Waals surface area contributed by atoms with Gasteiger partial charge in [-0.15, -0.1) is 0 Å². The standard InChI is InChI=1S/C20H24F3N3O3/c1-19(2,3)17-24-11-14(26(17)12-13-8-6-5-7-9-13)10-15(16(27)29-4)25-18(28)20(21,22)23/h5-9,11,15H,10,12H2,1-4H3,(H,25,28)/t15-/m0/s1. The third-order valence-electron chi connectivity index (χ3n) is 4.25. The van der Waals surface area contributed by atoms with Crippen LogP contribution in [0.1, 0.15) is 37.9 Å². The molecule has 1 heterocycles. The topological polar surface area (TPSA) is 73.2 Å². The first-order chi connectivity index (χ1) is 13.4. The van der Waals surface area contributed by atoms with Crippen molar-refractivity contribution in [1.82, 2.24) is 14.9 Å². The molecule has 1 N–H and O–H groups in total. The fourth-order valence-corrected chi connectivity index (χ4v) is 2.90. The molecular formula is C20H24F3N3O3. The number of esters is 1. The molecule has 6 nitrogen and oxygen atoms in total. The molecule has 0 aliphatic rings. The van der Waals surface area contributed by atoms with Gasteiger partial charge in [-0.2, -0.15) is 13.2 Å². The largest absolute Gasteiger partial charge is 0.471 e. The van der Waals surface area contributed by atoms with E-state index in [-0.39, 0.29) is 11.8 Å². The lowest BCUT2D eigenvalue weighted by molar-refractivity contribution is -0.175. The van der Waals surface area contributed by atoms with Crippen LogP contribution in [-0.4, -0.2) is 40.8 Å². The van der Waals surface area contributed by atoms with Crippen LogP contribution in [0.25, 0.3) is 0 Å². The monoisotopic (exact) mass is 411 g/mol. The second-order valence-electron chi connectivity index (χ2n) is 7.65. The second kappa shape index (κ2) is 8.67. The Bertz CT molecular complexity index is 855. The number of nitrogens with one attached hydrogen (secondary N) is 1. The minimum absolute atomic E-state index is 0.190. The normalized spacial score (nSPS) is 13.1. The molecule has 0 unspecified atom stereocenters. The maximum atomic E-state index is 12.7. The lowest BCUT2D eigenvalue weighted by Crippen LogP contribution is -2.48. The third kappa shape index (κ3) is 5.82. The number of imidazole rings is 1. The van der Waals surface area contributed by atoms with E-state index in [1.165, 1.54) is 6.20 Å². The quantitative estimate of drug-likeness (QED) is 0.742. The highest BCUT2D eigenvalue weighted by Crippen LogP contribution is 2.24. The van der Waals surface area contributed by atoms with Gasteiger partial charge in [-0.1, -0.05) is 51.1 Å². The fourth-order valence-electron chi connectivity index (χ4n) is 2.90. The van der Waals surface area contributed by atoms with Crippen molar-refractivity contribution in [1.29, 1.82) is 0 Å². The summed E-state index contributed by atoms with van der Waals surface area (Å²) >= 11 is 0. The van der Waals surface area contributed by atoms with Crippen molar-refractivity contribution in [3.63, 3.8) is 0 Å². The number of carbonyl (C=O) groups is 2. The first kappa shape index (κ1) is 22.4. The van der Waals surface area contributed by atoms with Gasteiger partial charge < -0.3 is 14.6 Å². The molecule has 0 saturated heterocycles. The van der Waals surface area contributed by atoms with Crippen molar-refractivity contribution in [2.75, 3.05) is 7.11 Å². The van der Waals surface area contributed by atoms with Crippen LogP contribution in [0.3, 0.4) is 0 Å². The van der Waals surface area contributed by atoms with Crippen molar-refractivity contribution in [3.05, 3.63) is 53.6 Å². The molecule has 9 heteroatoms. The number of hydrogen-bond acceptors (Lipinski definition) is 4. The minimum Gasteiger partial charge on any atom is -0.467 e. The molecule has 0 radical (unpaired) electrons. The Hall–Kier alpha value is -2.84. The highest BCUT2D eigenvalue weighted by molar-refractivity contribution is 5.87. The van der Waals surface area contributed by atoms with Crippen LogP contribution in [-0.2, 0) is 32.7 Å². The summed E-state index contributed by atoms with van der Waals surface area (Å²) in [6, 6.07) is 7.97. The first-order valence-corrected chi connectivity index (χ1v) is 8.97. The molecule has 158 valence electrons. The summed E-state index contributed by atoms with van der Waals surface area (Å²) in [6.07, 6.45) is -3.78. The zero-order valence-electron chi connectivity index (χ0n) is 16.7. The van der Waals surface area contributed by atoms with E-state index in [0.29, 0.717) is 18.1 Å². The van der Waals surface area contributed by atoms with Gasteiger partial charge in [0.05, 0.1) is 7.11 Å². The van der Waals surface area contributed by atoms with Crippen LogP contribution in [0.2, 0.25) is 0 Å². The smallest absolute Gasteiger partial charge is 0.467 e. The van der Waals surface area contributed by atoms with Gasteiger partial charge in [0, 0.05) is 30.3 Å². The van der Waals surface area contributed by atoms with E-state index in [2.05, 4.69) is 9.72 Å². The van der Waals surface area contributed by atoms with E-state index in [9.17, 15) is 22.8 Å². The molecule has 2 rings (SSSR count). The average molecular weight is 411 g/mol. The number of benzene rings is 1. The minimum atomic E-state index is -5.10. The summed E-state index contributed by atoms with van der Waals surface area (Å²) in [5.74, 6) is -2.45. The Morgan fingerprint density at radius 2 is 1.79 bits per heavy atom. The van der Waals surface area contributed by atoms with Crippen LogP contribution in [0, 0.1) is 0 Å². The summed E-state index contributed by atoms with van der Waals surface area (Å²) in [5, 5.41) is 1.72. The number of methoxy groups -OCH3 is 1. The van der Waals surface area contributed by atoms with Gasteiger partial charge in [-0.05, 0) is 5.56 Å². The van der Waals surface area contributed by atoms with Crippen LogP contribution in [0.5, 0.6) is 0 Å². The van der Waals surface area contributed by atoms with Crippen LogP contribution in [0.15, 0.2) is 36.5 Å². The van der Waals surface area contributed by atoms with Gasteiger partial charge in [0.1, 0.15) is 11.9 Å². The van der Waals surface area contributed by atoms with Gasteiger partial charge in [0.15, 0.2) is 0 Å². The Balaban J connectivity index is 2.39. The van der Waals surface area contributed by atoms with Crippen LogP contribution < -0.4 is 5.32 Å². The van der Waals surface area contributed by atoms with Crippen LogP contribution >= 0.6 is 0 Å². The van der Waals surface area contributed by atoms with Gasteiger partial charge in [0.2, 0.25) is 0 Å². The summed E-state index contributed by atoms with van der Waals surface area (Å²) in [4.78, 5) is 27.8. The Kier molecular flexibility index (Phi) is 6.71. The number of hydrogen-bond donors (Lipinski definition) is 1. The second-order valence-corrected chi connectivity index (χ2v) is 7.65. The van der Waals surface area contributed by atoms with Gasteiger partial charge in [0.25, 0.3) is 0 Å². The maximum Gasteiger partial charge on any atom is 0.471 e. The number of ether oxygens (including phenoxy) is 1. The number of nitrogens with zero attached hydrogens (tertiary/aromatic N) is 2. The third-order valence-corrected chi connectivity index (χ3v) is 4.25. The predicted octanol–water partition coefficient (Wildman–Crippen LogP) is 2.99. The Labute approximate surface area is 167 Å². The molecule has 1 atom stereocenters. The van der Waals surface area contributed by atoms with Crippen molar-refractivity contribution in [2.45, 2.75) is 51.4 Å². The van der Waals surface area contributed by atoms with E-state index >= 15 is 0 Å². The predicted molar refractivity (Wildman–Crippen MR) is 100 cm³/mol. The molecule has 2 aromatic rings. The number of halogens is 3. The van der Waals surface area contributed by atoms with Gasteiger partial charge in [-0.3, -0.25) is 4.79 Å². The first-order valence-electron chi connectivity index (χ1n) is 8.97. The summed E-state index contributed by atoms with van der Waals surface area (Å²) in [5.41, 5.74) is 1.13. The van der Waals surface area contributed by atoms with E-state index in [1.807, 2.05) is 55.7 Å². The number of rotatable bonds is 6. The maximum absolute atomic E-state index is 12.7. The van der Waals surface area contributed by atoms with E-state index in [0.717, 1.165) is 12.7 Å². The lowest BCUT2D eigenvalue weighted by Gasteiger charge is -2.23. The Morgan fingerprint density at radius 1 is 1.17 bits per heavy atom. The van der Waals surface area contributed by atoms with Gasteiger partial charge in [-0.25, -0.2) is 9.78 Å². The van der Waals surface area contributed by atoms with Crippen molar-refractivity contribution in [3.8, 4) is 0 Å². The zero-order valence-corrected chi connectivity index (χ0v) is 16.7.